The molecule has 1 N–H and O–H groups in total. The predicted molar refractivity (Wildman–Crippen MR) is 86.2 cm³/mol. The van der Waals surface area contributed by atoms with Gasteiger partial charge in [-0.3, -0.25) is 5.43 Å². The Balaban J connectivity index is 1.60. The molecule has 1 aliphatic heterocycles. The number of anilines is 1. The fourth-order valence-electron chi connectivity index (χ4n) is 2.07. The van der Waals surface area contributed by atoms with Gasteiger partial charge >= 0.3 is 5.97 Å². The molecule has 0 aliphatic carbocycles. The second kappa shape index (κ2) is 6.83. The molecular formula is C17H16N2O4. The van der Waals surface area contributed by atoms with Crippen molar-refractivity contribution in [2.24, 2.45) is 5.10 Å². The van der Waals surface area contributed by atoms with E-state index in [4.69, 9.17) is 14.2 Å². The van der Waals surface area contributed by atoms with Gasteiger partial charge in [0.1, 0.15) is 0 Å². The van der Waals surface area contributed by atoms with Crippen LogP contribution in [0.2, 0.25) is 0 Å². The minimum Gasteiger partial charge on any atom is -0.462 e. The van der Waals surface area contributed by atoms with Crippen molar-refractivity contribution in [2.45, 2.75) is 6.92 Å². The molecule has 6 heteroatoms. The second-order valence-electron chi connectivity index (χ2n) is 4.78. The van der Waals surface area contributed by atoms with Crippen LogP contribution in [0.3, 0.4) is 0 Å². The zero-order valence-corrected chi connectivity index (χ0v) is 12.6. The van der Waals surface area contributed by atoms with E-state index in [1.54, 1.807) is 37.4 Å². The summed E-state index contributed by atoms with van der Waals surface area (Å²) >= 11 is 0. The smallest absolute Gasteiger partial charge is 0.338 e. The molecule has 1 aliphatic rings. The van der Waals surface area contributed by atoms with E-state index >= 15 is 0 Å². The van der Waals surface area contributed by atoms with E-state index in [1.165, 1.54) is 0 Å². The molecule has 2 aromatic carbocycles. The molecule has 1 heterocycles. The van der Waals surface area contributed by atoms with Crippen LogP contribution in [0.25, 0.3) is 0 Å². The molecule has 0 saturated carbocycles. The van der Waals surface area contributed by atoms with E-state index in [-0.39, 0.29) is 12.8 Å². The van der Waals surface area contributed by atoms with Crippen LogP contribution in [0.5, 0.6) is 11.5 Å². The highest BCUT2D eigenvalue weighted by molar-refractivity contribution is 5.89. The first-order valence-electron chi connectivity index (χ1n) is 7.22. The summed E-state index contributed by atoms with van der Waals surface area (Å²) in [5.74, 6) is 1.13. The number of nitrogens with zero attached hydrogens (tertiary/aromatic N) is 1. The first kappa shape index (κ1) is 14.9. The number of benzene rings is 2. The summed E-state index contributed by atoms with van der Waals surface area (Å²) in [5.41, 5.74) is 5.08. The average Bonchev–Trinajstić information content (AvgIpc) is 3.03. The number of fused-ring (bicyclic) bond motifs is 1. The number of hydrogen-bond donors (Lipinski definition) is 1. The van der Waals surface area contributed by atoms with E-state index in [9.17, 15) is 4.79 Å². The molecule has 0 aromatic heterocycles. The van der Waals surface area contributed by atoms with Gasteiger partial charge in [0.15, 0.2) is 11.5 Å². The monoisotopic (exact) mass is 312 g/mol. The molecule has 2 aromatic rings. The lowest BCUT2D eigenvalue weighted by atomic mass is 10.2. The van der Waals surface area contributed by atoms with Crippen molar-refractivity contribution in [3.63, 3.8) is 0 Å². The van der Waals surface area contributed by atoms with Crippen LogP contribution in [-0.2, 0) is 4.74 Å². The van der Waals surface area contributed by atoms with Gasteiger partial charge < -0.3 is 14.2 Å². The SMILES string of the molecule is CCOC(=O)c1ccc(N/N=C\c2ccc3c(c2)OCO3)cc1. The van der Waals surface area contributed by atoms with Gasteiger partial charge in [0.2, 0.25) is 6.79 Å². The molecule has 0 atom stereocenters. The van der Waals surface area contributed by atoms with Crippen LogP contribution in [0, 0.1) is 0 Å². The first-order chi connectivity index (χ1) is 11.3. The van der Waals surface area contributed by atoms with Gasteiger partial charge in [-0.25, -0.2) is 4.79 Å². The van der Waals surface area contributed by atoms with Crippen LogP contribution in [0.1, 0.15) is 22.8 Å². The summed E-state index contributed by atoms with van der Waals surface area (Å²) in [6.45, 7) is 2.39. The number of rotatable bonds is 5. The lowest BCUT2D eigenvalue weighted by Gasteiger charge is -2.03. The Labute approximate surface area is 133 Å². The fourth-order valence-corrected chi connectivity index (χ4v) is 2.07. The molecule has 3 rings (SSSR count). The van der Waals surface area contributed by atoms with Crippen molar-refractivity contribution in [3.8, 4) is 11.5 Å². The van der Waals surface area contributed by atoms with Crippen molar-refractivity contribution in [1.29, 1.82) is 0 Å². The van der Waals surface area contributed by atoms with E-state index < -0.39 is 0 Å². The number of carbonyl (C=O) groups is 1. The quantitative estimate of drug-likeness (QED) is 0.522. The van der Waals surface area contributed by atoms with Gasteiger partial charge in [-0.05, 0) is 55.0 Å². The van der Waals surface area contributed by atoms with Crippen LogP contribution >= 0.6 is 0 Å². The number of hydrogen-bond acceptors (Lipinski definition) is 6. The van der Waals surface area contributed by atoms with Crippen LogP contribution in [0.15, 0.2) is 47.6 Å². The number of carbonyl (C=O) groups excluding carboxylic acids is 1. The maximum Gasteiger partial charge on any atom is 0.338 e. The Bertz CT molecular complexity index is 726. The minimum atomic E-state index is -0.331. The Morgan fingerprint density at radius 2 is 2.00 bits per heavy atom. The Morgan fingerprint density at radius 1 is 1.22 bits per heavy atom. The molecule has 0 amide bonds. The summed E-state index contributed by atoms with van der Waals surface area (Å²) in [4.78, 5) is 11.6. The highest BCUT2D eigenvalue weighted by Gasteiger charge is 2.12. The lowest BCUT2D eigenvalue weighted by Crippen LogP contribution is -2.04. The molecular weight excluding hydrogens is 296 g/mol. The normalized spacial score (nSPS) is 12.4. The van der Waals surface area contributed by atoms with E-state index in [0.29, 0.717) is 17.9 Å². The van der Waals surface area contributed by atoms with Crippen LogP contribution < -0.4 is 14.9 Å². The van der Waals surface area contributed by atoms with Gasteiger partial charge in [-0.1, -0.05) is 0 Å². The highest BCUT2D eigenvalue weighted by atomic mass is 16.7. The van der Waals surface area contributed by atoms with E-state index in [1.807, 2.05) is 18.2 Å². The fraction of sp³-hybridized carbons (Fsp3) is 0.176. The molecule has 0 bridgehead atoms. The Hall–Kier alpha value is -3.02. The van der Waals surface area contributed by atoms with Crippen LogP contribution in [-0.4, -0.2) is 25.6 Å². The molecule has 118 valence electrons. The maximum atomic E-state index is 11.6. The minimum absolute atomic E-state index is 0.251. The van der Waals surface area contributed by atoms with Crippen LogP contribution in [0.4, 0.5) is 5.69 Å². The number of esters is 1. The third-order valence-electron chi connectivity index (χ3n) is 3.20. The van der Waals surface area contributed by atoms with Gasteiger partial charge in [0.05, 0.1) is 24.1 Å². The van der Waals surface area contributed by atoms with Crippen molar-refractivity contribution < 1.29 is 19.0 Å². The van der Waals surface area contributed by atoms with Gasteiger partial charge in [0, 0.05) is 0 Å². The standard InChI is InChI=1S/C17H16N2O4/c1-2-21-17(20)13-4-6-14(7-5-13)19-18-10-12-3-8-15-16(9-12)23-11-22-15/h3-10,19H,2,11H2,1H3/b18-10-. The van der Waals surface area contributed by atoms with Gasteiger partial charge in [-0.2, -0.15) is 5.10 Å². The topological polar surface area (TPSA) is 69.2 Å². The lowest BCUT2D eigenvalue weighted by molar-refractivity contribution is 0.0526. The van der Waals surface area contributed by atoms with Crippen molar-refractivity contribution in [3.05, 3.63) is 53.6 Å². The molecule has 0 spiro atoms. The van der Waals surface area contributed by atoms with Crippen molar-refractivity contribution >= 4 is 17.9 Å². The molecule has 0 saturated heterocycles. The predicted octanol–water partition coefficient (Wildman–Crippen LogP) is 3.04. The first-order valence-corrected chi connectivity index (χ1v) is 7.22. The highest BCUT2D eigenvalue weighted by Crippen LogP contribution is 2.31. The second-order valence-corrected chi connectivity index (χ2v) is 4.78. The third kappa shape index (κ3) is 3.60. The van der Waals surface area contributed by atoms with Gasteiger partial charge in [0.25, 0.3) is 0 Å². The number of nitrogens with one attached hydrogen (secondary N) is 1. The zero-order valence-electron chi connectivity index (χ0n) is 12.6. The molecule has 23 heavy (non-hydrogen) atoms. The molecule has 0 radical (unpaired) electrons. The van der Waals surface area contributed by atoms with E-state index in [0.717, 1.165) is 17.0 Å². The van der Waals surface area contributed by atoms with Gasteiger partial charge in [-0.15, -0.1) is 0 Å². The molecule has 0 unspecified atom stereocenters. The average molecular weight is 312 g/mol. The summed E-state index contributed by atoms with van der Waals surface area (Å²) in [7, 11) is 0. The third-order valence-corrected chi connectivity index (χ3v) is 3.20. The largest absolute Gasteiger partial charge is 0.462 e. The Kier molecular flexibility index (Phi) is 4.42. The maximum absolute atomic E-state index is 11.6. The van der Waals surface area contributed by atoms with Crippen molar-refractivity contribution in [1.82, 2.24) is 0 Å². The summed E-state index contributed by atoms with van der Waals surface area (Å²) in [6, 6.07) is 12.5. The van der Waals surface area contributed by atoms with E-state index in [2.05, 4.69) is 10.5 Å². The summed E-state index contributed by atoms with van der Waals surface area (Å²) in [5, 5.41) is 4.16. The summed E-state index contributed by atoms with van der Waals surface area (Å²) < 4.78 is 15.5. The molecule has 6 nitrogen and oxygen atoms in total. The molecule has 0 fully saturated rings. The Morgan fingerprint density at radius 3 is 2.78 bits per heavy atom. The number of ether oxygens (including phenoxy) is 3. The van der Waals surface area contributed by atoms with Crippen molar-refractivity contribution in [2.75, 3.05) is 18.8 Å². The zero-order chi connectivity index (χ0) is 16.1. The summed E-state index contributed by atoms with van der Waals surface area (Å²) in [6.07, 6.45) is 1.68. The number of hydrazone groups is 1.